The second-order valence-corrected chi connectivity index (χ2v) is 6.89. The number of carbonyl (C=O) groups is 1. The van der Waals surface area contributed by atoms with Gasteiger partial charge in [0.1, 0.15) is 5.75 Å². The van der Waals surface area contributed by atoms with Crippen LogP contribution in [0.2, 0.25) is 0 Å². The predicted octanol–water partition coefficient (Wildman–Crippen LogP) is 3.55. The van der Waals surface area contributed by atoms with Crippen LogP contribution in [0.3, 0.4) is 0 Å². The predicted molar refractivity (Wildman–Crippen MR) is 113 cm³/mol. The molecular formula is C20H28N4O3S. The summed E-state index contributed by atoms with van der Waals surface area (Å²) in [5.74, 6) is 0.599. The fraction of sp³-hybridized carbons (Fsp3) is 0.450. The number of anilines is 1. The SMILES string of the molecule is CCOC(=O)Cc1csc(NN=Cc2ccc(OC)c(CN(CC)CC)c2)n1. The number of carbonyl (C=O) groups excluding carboxylic acids is 1. The highest BCUT2D eigenvalue weighted by molar-refractivity contribution is 7.13. The molecule has 2 aromatic rings. The molecule has 0 saturated heterocycles. The first-order chi connectivity index (χ1) is 13.6. The maximum atomic E-state index is 11.5. The molecular weight excluding hydrogens is 376 g/mol. The van der Waals surface area contributed by atoms with E-state index in [-0.39, 0.29) is 12.4 Å². The van der Waals surface area contributed by atoms with E-state index in [0.717, 1.165) is 36.5 Å². The third-order valence-electron chi connectivity index (χ3n) is 4.15. The topological polar surface area (TPSA) is 76.1 Å². The second kappa shape index (κ2) is 11.4. The van der Waals surface area contributed by atoms with Gasteiger partial charge < -0.3 is 9.47 Å². The van der Waals surface area contributed by atoms with Gasteiger partial charge in [-0.25, -0.2) is 4.98 Å². The number of thiazole rings is 1. The monoisotopic (exact) mass is 404 g/mol. The van der Waals surface area contributed by atoms with Crippen molar-refractivity contribution < 1.29 is 14.3 Å². The van der Waals surface area contributed by atoms with Crippen LogP contribution in [-0.4, -0.2) is 48.9 Å². The Labute approximate surface area is 170 Å². The van der Waals surface area contributed by atoms with E-state index in [4.69, 9.17) is 9.47 Å². The molecule has 0 unspecified atom stereocenters. The van der Waals surface area contributed by atoms with Gasteiger partial charge in [-0.3, -0.25) is 15.1 Å². The van der Waals surface area contributed by atoms with Crippen molar-refractivity contribution in [1.29, 1.82) is 0 Å². The maximum absolute atomic E-state index is 11.5. The van der Waals surface area contributed by atoms with Crippen LogP contribution in [0.5, 0.6) is 5.75 Å². The third-order valence-corrected chi connectivity index (χ3v) is 4.94. The van der Waals surface area contributed by atoms with Crippen LogP contribution in [0.4, 0.5) is 5.13 Å². The summed E-state index contributed by atoms with van der Waals surface area (Å²) in [4.78, 5) is 18.2. The minimum Gasteiger partial charge on any atom is -0.496 e. The molecule has 152 valence electrons. The molecule has 0 bridgehead atoms. The third kappa shape index (κ3) is 6.61. The molecule has 28 heavy (non-hydrogen) atoms. The number of aromatic nitrogens is 1. The minimum atomic E-state index is -0.276. The molecule has 0 spiro atoms. The Morgan fingerprint density at radius 1 is 1.32 bits per heavy atom. The summed E-state index contributed by atoms with van der Waals surface area (Å²) >= 11 is 1.40. The van der Waals surface area contributed by atoms with Gasteiger partial charge in [0, 0.05) is 17.5 Å². The lowest BCUT2D eigenvalue weighted by Crippen LogP contribution is -2.22. The van der Waals surface area contributed by atoms with Crippen LogP contribution >= 0.6 is 11.3 Å². The van der Waals surface area contributed by atoms with Gasteiger partial charge in [0.2, 0.25) is 5.13 Å². The average molecular weight is 405 g/mol. The van der Waals surface area contributed by atoms with E-state index in [1.54, 1.807) is 20.2 Å². The summed E-state index contributed by atoms with van der Waals surface area (Å²) in [5, 5.41) is 6.71. The van der Waals surface area contributed by atoms with E-state index in [9.17, 15) is 4.79 Å². The van der Waals surface area contributed by atoms with Crippen LogP contribution in [-0.2, 0) is 22.5 Å². The first-order valence-electron chi connectivity index (χ1n) is 9.37. The Hall–Kier alpha value is -2.45. The van der Waals surface area contributed by atoms with Crippen molar-refractivity contribution in [3.8, 4) is 5.75 Å². The van der Waals surface area contributed by atoms with Crippen LogP contribution in [0.15, 0.2) is 28.7 Å². The number of ether oxygens (including phenoxy) is 2. The van der Waals surface area contributed by atoms with Crippen molar-refractivity contribution >= 4 is 28.7 Å². The number of esters is 1. The molecule has 8 heteroatoms. The Morgan fingerprint density at radius 3 is 2.79 bits per heavy atom. The molecule has 7 nitrogen and oxygen atoms in total. The van der Waals surface area contributed by atoms with E-state index >= 15 is 0 Å². The first-order valence-corrected chi connectivity index (χ1v) is 10.3. The Bertz CT molecular complexity index is 788. The van der Waals surface area contributed by atoms with Crippen LogP contribution in [0.25, 0.3) is 0 Å². The summed E-state index contributed by atoms with van der Waals surface area (Å²) in [7, 11) is 1.69. The summed E-state index contributed by atoms with van der Waals surface area (Å²) in [6, 6.07) is 6.00. The Balaban J connectivity index is 2.00. The van der Waals surface area contributed by atoms with Crippen molar-refractivity contribution in [3.05, 3.63) is 40.4 Å². The molecule has 0 aliphatic carbocycles. The first kappa shape index (κ1) is 21.8. The zero-order valence-corrected chi connectivity index (χ0v) is 17.7. The Morgan fingerprint density at radius 2 is 2.11 bits per heavy atom. The van der Waals surface area contributed by atoms with Gasteiger partial charge >= 0.3 is 5.97 Å². The fourth-order valence-electron chi connectivity index (χ4n) is 2.65. The Kier molecular flexibility index (Phi) is 8.90. The number of hydrazone groups is 1. The number of rotatable bonds is 11. The number of benzene rings is 1. The van der Waals surface area contributed by atoms with Gasteiger partial charge in [-0.15, -0.1) is 11.3 Å². The number of methoxy groups -OCH3 is 1. The van der Waals surface area contributed by atoms with Crippen molar-refractivity contribution in [1.82, 2.24) is 9.88 Å². The number of nitrogens with zero attached hydrogens (tertiary/aromatic N) is 3. The molecule has 0 radical (unpaired) electrons. The van der Waals surface area contributed by atoms with Gasteiger partial charge in [-0.1, -0.05) is 13.8 Å². The lowest BCUT2D eigenvalue weighted by Gasteiger charge is -2.19. The van der Waals surface area contributed by atoms with E-state index in [1.807, 2.05) is 17.5 Å². The molecule has 0 amide bonds. The number of hydrogen-bond donors (Lipinski definition) is 1. The van der Waals surface area contributed by atoms with Gasteiger partial charge in [-0.05, 0) is 43.8 Å². The molecule has 0 atom stereocenters. The van der Waals surface area contributed by atoms with Crippen LogP contribution in [0.1, 0.15) is 37.6 Å². The molecule has 1 N–H and O–H groups in total. The highest BCUT2D eigenvalue weighted by atomic mass is 32.1. The average Bonchev–Trinajstić information content (AvgIpc) is 3.13. The van der Waals surface area contributed by atoms with Gasteiger partial charge in [0.05, 0.1) is 32.0 Å². The zero-order chi connectivity index (χ0) is 20.4. The molecule has 1 aromatic heterocycles. The van der Waals surface area contributed by atoms with Gasteiger partial charge in [-0.2, -0.15) is 5.10 Å². The molecule has 0 saturated carbocycles. The molecule has 1 heterocycles. The van der Waals surface area contributed by atoms with E-state index in [1.165, 1.54) is 11.3 Å². The smallest absolute Gasteiger partial charge is 0.311 e. The lowest BCUT2D eigenvalue weighted by molar-refractivity contribution is -0.142. The van der Waals surface area contributed by atoms with Gasteiger partial charge in [0.25, 0.3) is 0 Å². The van der Waals surface area contributed by atoms with Crippen molar-refractivity contribution in [2.75, 3.05) is 32.2 Å². The van der Waals surface area contributed by atoms with Crippen molar-refractivity contribution in [3.63, 3.8) is 0 Å². The summed E-state index contributed by atoms with van der Waals surface area (Å²) in [5.41, 5.74) is 5.68. The van der Waals surface area contributed by atoms with Crippen LogP contribution < -0.4 is 10.2 Å². The van der Waals surface area contributed by atoms with E-state index in [2.05, 4.69) is 40.3 Å². The highest BCUT2D eigenvalue weighted by Gasteiger charge is 2.09. The highest BCUT2D eigenvalue weighted by Crippen LogP contribution is 2.21. The van der Waals surface area contributed by atoms with E-state index < -0.39 is 0 Å². The fourth-order valence-corrected chi connectivity index (χ4v) is 3.31. The normalized spacial score (nSPS) is 11.2. The zero-order valence-electron chi connectivity index (χ0n) is 16.9. The number of nitrogens with one attached hydrogen (secondary N) is 1. The summed E-state index contributed by atoms with van der Waals surface area (Å²) < 4.78 is 10.4. The van der Waals surface area contributed by atoms with E-state index in [0.29, 0.717) is 17.4 Å². The summed E-state index contributed by atoms with van der Waals surface area (Å²) in [6.45, 7) is 9.25. The van der Waals surface area contributed by atoms with Crippen LogP contribution in [0, 0.1) is 0 Å². The molecule has 0 fully saturated rings. The standard InChI is InChI=1S/C20H28N4O3S/c1-5-24(6-2)13-16-10-15(8-9-18(16)26-4)12-21-23-20-22-17(14-28-20)11-19(25)27-7-3/h8-10,12,14H,5-7,11,13H2,1-4H3,(H,22,23). The quantitative estimate of drug-likeness (QED) is 0.351. The largest absolute Gasteiger partial charge is 0.496 e. The molecule has 1 aromatic carbocycles. The maximum Gasteiger partial charge on any atom is 0.311 e. The second-order valence-electron chi connectivity index (χ2n) is 6.03. The molecule has 0 aliphatic heterocycles. The molecule has 2 rings (SSSR count). The lowest BCUT2D eigenvalue weighted by atomic mass is 10.1. The molecule has 0 aliphatic rings. The van der Waals surface area contributed by atoms with Crippen molar-refractivity contribution in [2.45, 2.75) is 33.7 Å². The minimum absolute atomic E-state index is 0.170. The van der Waals surface area contributed by atoms with Crippen molar-refractivity contribution in [2.24, 2.45) is 5.10 Å². The summed E-state index contributed by atoms with van der Waals surface area (Å²) in [6.07, 6.45) is 1.92. The number of hydrogen-bond acceptors (Lipinski definition) is 8. The van der Waals surface area contributed by atoms with Gasteiger partial charge in [0.15, 0.2) is 0 Å².